The summed E-state index contributed by atoms with van der Waals surface area (Å²) in [7, 11) is 0. The minimum absolute atomic E-state index is 0.00137. The van der Waals surface area contributed by atoms with E-state index in [1.54, 1.807) is 42.5 Å². The van der Waals surface area contributed by atoms with Crippen molar-refractivity contribution in [1.29, 1.82) is 0 Å². The molecular formula is C22H24N2O6. The lowest BCUT2D eigenvalue weighted by Gasteiger charge is -2.15. The van der Waals surface area contributed by atoms with Crippen LogP contribution in [0.2, 0.25) is 0 Å². The van der Waals surface area contributed by atoms with Crippen LogP contribution in [0.3, 0.4) is 0 Å². The van der Waals surface area contributed by atoms with Crippen LogP contribution in [-0.4, -0.2) is 34.9 Å². The zero-order valence-electron chi connectivity index (χ0n) is 16.8. The smallest absolute Gasteiger partial charge is 0.408 e. The van der Waals surface area contributed by atoms with Gasteiger partial charge in [-0.05, 0) is 36.6 Å². The van der Waals surface area contributed by atoms with Crippen molar-refractivity contribution in [3.8, 4) is 0 Å². The monoisotopic (exact) mass is 412 g/mol. The predicted molar refractivity (Wildman–Crippen MR) is 110 cm³/mol. The van der Waals surface area contributed by atoms with E-state index in [1.165, 1.54) is 6.92 Å². The Morgan fingerprint density at radius 3 is 2.40 bits per heavy atom. The molecule has 0 saturated carbocycles. The highest BCUT2D eigenvalue weighted by atomic mass is 16.5. The molecule has 3 N–H and O–H groups in total. The lowest BCUT2D eigenvalue weighted by atomic mass is 10.0. The van der Waals surface area contributed by atoms with Gasteiger partial charge in [0, 0.05) is 18.9 Å². The number of hydrogen-bond acceptors (Lipinski definition) is 5. The second kappa shape index (κ2) is 10.8. The zero-order chi connectivity index (χ0) is 22.1. The second-order valence-electron chi connectivity index (χ2n) is 6.79. The summed E-state index contributed by atoms with van der Waals surface area (Å²) in [6.45, 7) is 3.16. The average Bonchev–Trinajstić information content (AvgIpc) is 2.69. The number of nitrogens with one attached hydrogen (secondary N) is 2. The normalized spacial score (nSPS) is 11.3. The topological polar surface area (TPSA) is 122 Å². The van der Waals surface area contributed by atoms with Gasteiger partial charge < -0.3 is 20.5 Å². The van der Waals surface area contributed by atoms with Crippen molar-refractivity contribution in [2.75, 3.05) is 5.32 Å². The molecule has 0 bridgehead atoms. The Hall–Kier alpha value is -3.68. The SMILES string of the molecule is CC(=O)Nc1cc(C)ccc1C(=O)CCC(NC(=O)OCc1ccccc1)C(=O)O. The van der Waals surface area contributed by atoms with Gasteiger partial charge in [0.05, 0.1) is 5.69 Å². The number of aryl methyl sites for hydroxylation is 1. The molecule has 2 aromatic carbocycles. The molecule has 30 heavy (non-hydrogen) atoms. The molecule has 2 rings (SSSR count). The largest absolute Gasteiger partial charge is 0.480 e. The van der Waals surface area contributed by atoms with E-state index in [1.807, 2.05) is 13.0 Å². The lowest BCUT2D eigenvalue weighted by molar-refractivity contribution is -0.139. The molecule has 2 aromatic rings. The molecule has 8 heteroatoms. The summed E-state index contributed by atoms with van der Waals surface area (Å²) in [5, 5.41) is 14.2. The number of anilines is 1. The van der Waals surface area contributed by atoms with E-state index in [9.17, 15) is 24.3 Å². The number of aliphatic carboxylic acids is 1. The van der Waals surface area contributed by atoms with E-state index in [0.29, 0.717) is 5.69 Å². The number of carbonyl (C=O) groups is 4. The van der Waals surface area contributed by atoms with Crippen LogP contribution in [-0.2, 0) is 20.9 Å². The first kappa shape index (κ1) is 22.6. The van der Waals surface area contributed by atoms with Gasteiger partial charge in [-0.25, -0.2) is 9.59 Å². The molecule has 2 amide bonds. The molecule has 0 aliphatic carbocycles. The van der Waals surface area contributed by atoms with Gasteiger partial charge in [0.1, 0.15) is 12.6 Å². The van der Waals surface area contributed by atoms with E-state index in [4.69, 9.17) is 4.74 Å². The molecule has 0 spiro atoms. The predicted octanol–water partition coefficient (Wildman–Crippen LogP) is 3.30. The zero-order valence-corrected chi connectivity index (χ0v) is 16.8. The van der Waals surface area contributed by atoms with Crippen LogP contribution in [0.4, 0.5) is 10.5 Å². The van der Waals surface area contributed by atoms with E-state index < -0.39 is 18.1 Å². The van der Waals surface area contributed by atoms with Gasteiger partial charge in [0.25, 0.3) is 0 Å². The standard InChI is InChI=1S/C22H24N2O6/c1-14-8-9-17(19(12-14)23-15(2)25)20(26)11-10-18(21(27)28)24-22(29)30-13-16-6-4-3-5-7-16/h3-9,12,18H,10-11,13H2,1-2H3,(H,23,25)(H,24,29)(H,27,28). The fraction of sp³-hybridized carbons (Fsp3) is 0.273. The summed E-state index contributed by atoms with van der Waals surface area (Å²) >= 11 is 0. The Bertz CT molecular complexity index is 926. The molecule has 0 heterocycles. The molecule has 0 saturated heterocycles. The van der Waals surface area contributed by atoms with Gasteiger partial charge in [-0.3, -0.25) is 9.59 Å². The maximum atomic E-state index is 12.6. The van der Waals surface area contributed by atoms with Crippen molar-refractivity contribution < 1.29 is 29.0 Å². The summed E-state index contributed by atoms with van der Waals surface area (Å²) in [6.07, 6.45) is -1.14. The fourth-order valence-electron chi connectivity index (χ4n) is 2.77. The Morgan fingerprint density at radius 2 is 1.77 bits per heavy atom. The number of alkyl carbamates (subject to hydrolysis) is 1. The highest BCUT2D eigenvalue weighted by Crippen LogP contribution is 2.20. The number of benzene rings is 2. The number of rotatable bonds is 9. The third-order valence-electron chi connectivity index (χ3n) is 4.25. The van der Waals surface area contributed by atoms with Crippen molar-refractivity contribution in [3.05, 3.63) is 65.2 Å². The van der Waals surface area contributed by atoms with Crippen LogP contribution in [0, 0.1) is 6.92 Å². The first-order valence-electron chi connectivity index (χ1n) is 9.37. The highest BCUT2D eigenvalue weighted by Gasteiger charge is 2.23. The number of ketones is 1. The van der Waals surface area contributed by atoms with E-state index >= 15 is 0 Å². The van der Waals surface area contributed by atoms with Gasteiger partial charge in [-0.1, -0.05) is 36.4 Å². The van der Waals surface area contributed by atoms with Gasteiger partial charge in [-0.2, -0.15) is 0 Å². The molecule has 0 aliphatic heterocycles. The number of hydrogen-bond donors (Lipinski definition) is 3. The summed E-state index contributed by atoms with van der Waals surface area (Å²) in [5.74, 6) is -1.93. The van der Waals surface area contributed by atoms with Crippen molar-refractivity contribution in [2.45, 2.75) is 39.3 Å². The summed E-state index contributed by atoms with van der Waals surface area (Å²) in [6, 6.07) is 12.7. The number of carboxylic acid groups (broad SMARTS) is 1. The van der Waals surface area contributed by atoms with Crippen molar-refractivity contribution in [3.63, 3.8) is 0 Å². The molecule has 158 valence electrons. The summed E-state index contributed by atoms with van der Waals surface area (Å²) in [4.78, 5) is 47.4. The number of ether oxygens (including phenoxy) is 1. The fourth-order valence-corrected chi connectivity index (χ4v) is 2.77. The number of Topliss-reactive ketones (excluding diaryl/α,β-unsaturated/α-hetero) is 1. The Kier molecular flexibility index (Phi) is 8.10. The molecule has 0 aromatic heterocycles. The molecule has 8 nitrogen and oxygen atoms in total. The second-order valence-corrected chi connectivity index (χ2v) is 6.79. The molecule has 0 aliphatic rings. The molecule has 0 fully saturated rings. The van der Waals surface area contributed by atoms with Crippen LogP contribution in [0.25, 0.3) is 0 Å². The van der Waals surface area contributed by atoms with Crippen molar-refractivity contribution >= 4 is 29.4 Å². The van der Waals surface area contributed by atoms with E-state index in [-0.39, 0.29) is 36.7 Å². The molecule has 1 unspecified atom stereocenters. The summed E-state index contributed by atoms with van der Waals surface area (Å²) in [5.41, 5.74) is 2.28. The van der Waals surface area contributed by atoms with E-state index in [2.05, 4.69) is 10.6 Å². The van der Waals surface area contributed by atoms with E-state index in [0.717, 1.165) is 11.1 Å². The minimum Gasteiger partial charge on any atom is -0.480 e. The van der Waals surface area contributed by atoms with Gasteiger partial charge in [0.15, 0.2) is 5.78 Å². The van der Waals surface area contributed by atoms with Crippen LogP contribution < -0.4 is 10.6 Å². The number of amides is 2. The number of carboxylic acids is 1. The average molecular weight is 412 g/mol. The van der Waals surface area contributed by atoms with Crippen LogP contribution in [0.5, 0.6) is 0 Å². The van der Waals surface area contributed by atoms with Crippen LogP contribution in [0.1, 0.15) is 41.3 Å². The third kappa shape index (κ3) is 7.05. The highest BCUT2D eigenvalue weighted by molar-refractivity contribution is 6.04. The molecule has 0 radical (unpaired) electrons. The maximum absolute atomic E-state index is 12.6. The Balaban J connectivity index is 1.95. The first-order valence-corrected chi connectivity index (χ1v) is 9.37. The quantitative estimate of drug-likeness (QED) is 0.543. The van der Waals surface area contributed by atoms with Crippen LogP contribution in [0.15, 0.2) is 48.5 Å². The van der Waals surface area contributed by atoms with Gasteiger partial charge in [-0.15, -0.1) is 0 Å². The minimum atomic E-state index is -1.29. The maximum Gasteiger partial charge on any atom is 0.408 e. The Labute approximate surface area is 174 Å². The van der Waals surface area contributed by atoms with Gasteiger partial charge in [0.2, 0.25) is 5.91 Å². The summed E-state index contributed by atoms with van der Waals surface area (Å²) < 4.78 is 5.03. The van der Waals surface area contributed by atoms with Crippen LogP contribution >= 0.6 is 0 Å². The first-order chi connectivity index (χ1) is 14.3. The van der Waals surface area contributed by atoms with Crippen molar-refractivity contribution in [2.24, 2.45) is 0 Å². The lowest BCUT2D eigenvalue weighted by Crippen LogP contribution is -2.41. The number of carbonyl (C=O) groups excluding carboxylic acids is 3. The van der Waals surface area contributed by atoms with Crippen molar-refractivity contribution in [1.82, 2.24) is 5.32 Å². The third-order valence-corrected chi connectivity index (χ3v) is 4.25. The molecular weight excluding hydrogens is 388 g/mol. The Morgan fingerprint density at radius 1 is 1.07 bits per heavy atom. The van der Waals surface area contributed by atoms with Gasteiger partial charge >= 0.3 is 12.1 Å². The molecule has 1 atom stereocenters.